The number of carboxylic acid groups (broad SMARTS) is 1. The Hall–Kier alpha value is -0.790. The lowest BCUT2D eigenvalue weighted by molar-refractivity contribution is -0.133. The van der Waals surface area contributed by atoms with Gasteiger partial charge in [0.25, 0.3) is 0 Å². The van der Waals surface area contributed by atoms with E-state index in [1.54, 1.807) is 0 Å². The number of hydrogen-bond donors (Lipinski definition) is 1. The van der Waals surface area contributed by atoms with Gasteiger partial charge in [-0.3, -0.25) is 0 Å². The summed E-state index contributed by atoms with van der Waals surface area (Å²) < 4.78 is 0. The zero-order valence-electron chi connectivity index (χ0n) is 6.29. The predicted molar refractivity (Wildman–Crippen MR) is 38.7 cm³/mol. The molecular weight excluding hydrogens is 128 g/mol. The Morgan fingerprint density at radius 2 is 2.30 bits per heavy atom. The SMILES string of the molecule is C[C@H]1CC=C(C(=O)O)[C@@H]1C. The summed E-state index contributed by atoms with van der Waals surface area (Å²) in [6.07, 6.45) is 2.75. The molecule has 1 rings (SSSR count). The van der Waals surface area contributed by atoms with E-state index in [2.05, 4.69) is 6.92 Å². The lowest BCUT2D eigenvalue weighted by Gasteiger charge is -2.09. The van der Waals surface area contributed by atoms with E-state index in [-0.39, 0.29) is 5.92 Å². The molecule has 0 saturated carbocycles. The van der Waals surface area contributed by atoms with Crippen LogP contribution in [0.5, 0.6) is 0 Å². The Bertz CT molecular complexity index is 182. The highest BCUT2D eigenvalue weighted by Crippen LogP contribution is 2.30. The third-order valence-corrected chi connectivity index (χ3v) is 2.30. The van der Waals surface area contributed by atoms with Gasteiger partial charge in [-0.2, -0.15) is 0 Å². The number of rotatable bonds is 1. The first-order valence-electron chi connectivity index (χ1n) is 3.56. The minimum absolute atomic E-state index is 0.234. The highest BCUT2D eigenvalue weighted by molar-refractivity contribution is 5.87. The first kappa shape index (κ1) is 7.32. The highest BCUT2D eigenvalue weighted by atomic mass is 16.4. The van der Waals surface area contributed by atoms with Gasteiger partial charge in [-0.25, -0.2) is 4.79 Å². The van der Waals surface area contributed by atoms with E-state index in [0.717, 1.165) is 6.42 Å². The van der Waals surface area contributed by atoms with Crippen LogP contribution in [0.4, 0.5) is 0 Å². The summed E-state index contributed by atoms with van der Waals surface area (Å²) in [6.45, 7) is 4.05. The lowest BCUT2D eigenvalue weighted by Crippen LogP contribution is -2.10. The maximum atomic E-state index is 10.5. The molecule has 56 valence electrons. The van der Waals surface area contributed by atoms with Crippen LogP contribution in [0.15, 0.2) is 11.6 Å². The molecule has 1 N–H and O–H groups in total. The van der Waals surface area contributed by atoms with E-state index < -0.39 is 5.97 Å². The molecule has 0 bridgehead atoms. The van der Waals surface area contributed by atoms with Crippen molar-refractivity contribution in [3.63, 3.8) is 0 Å². The topological polar surface area (TPSA) is 37.3 Å². The van der Waals surface area contributed by atoms with E-state index in [4.69, 9.17) is 5.11 Å². The zero-order chi connectivity index (χ0) is 7.72. The Morgan fingerprint density at radius 3 is 2.50 bits per heavy atom. The number of allylic oxidation sites excluding steroid dienone is 1. The molecule has 0 saturated heterocycles. The fraction of sp³-hybridized carbons (Fsp3) is 0.625. The number of carbonyl (C=O) groups is 1. The van der Waals surface area contributed by atoms with Crippen LogP contribution in [0, 0.1) is 11.8 Å². The van der Waals surface area contributed by atoms with Crippen LogP contribution in [-0.4, -0.2) is 11.1 Å². The summed E-state index contributed by atoms with van der Waals surface area (Å²) in [4.78, 5) is 10.5. The van der Waals surface area contributed by atoms with Crippen molar-refractivity contribution < 1.29 is 9.90 Å². The fourth-order valence-corrected chi connectivity index (χ4v) is 1.29. The molecule has 2 atom stereocenters. The minimum atomic E-state index is -0.753. The molecule has 0 radical (unpaired) electrons. The van der Waals surface area contributed by atoms with E-state index in [0.29, 0.717) is 11.5 Å². The first-order chi connectivity index (χ1) is 4.63. The third-order valence-electron chi connectivity index (χ3n) is 2.30. The van der Waals surface area contributed by atoms with Crippen LogP contribution in [0.1, 0.15) is 20.3 Å². The zero-order valence-corrected chi connectivity index (χ0v) is 6.29. The summed E-state index contributed by atoms with van der Waals surface area (Å²) >= 11 is 0. The van der Waals surface area contributed by atoms with E-state index in [9.17, 15) is 4.79 Å². The van der Waals surface area contributed by atoms with Gasteiger partial charge in [-0.15, -0.1) is 0 Å². The normalized spacial score (nSPS) is 32.0. The lowest BCUT2D eigenvalue weighted by atomic mass is 9.95. The molecule has 10 heavy (non-hydrogen) atoms. The molecule has 0 aromatic heterocycles. The molecule has 0 heterocycles. The molecule has 1 aliphatic rings. The molecule has 1 aliphatic carbocycles. The average Bonchev–Trinajstić information content (AvgIpc) is 2.14. The molecule has 0 unspecified atom stereocenters. The van der Waals surface area contributed by atoms with E-state index in [1.807, 2.05) is 13.0 Å². The van der Waals surface area contributed by atoms with Crippen molar-refractivity contribution >= 4 is 5.97 Å². The maximum Gasteiger partial charge on any atom is 0.331 e. The van der Waals surface area contributed by atoms with Crippen molar-refractivity contribution in [2.45, 2.75) is 20.3 Å². The van der Waals surface area contributed by atoms with Crippen molar-refractivity contribution in [3.05, 3.63) is 11.6 Å². The van der Waals surface area contributed by atoms with E-state index in [1.165, 1.54) is 0 Å². The van der Waals surface area contributed by atoms with Crippen LogP contribution in [0.3, 0.4) is 0 Å². The molecule has 2 heteroatoms. The van der Waals surface area contributed by atoms with Crippen molar-refractivity contribution in [3.8, 4) is 0 Å². The second-order valence-corrected chi connectivity index (χ2v) is 2.97. The van der Waals surface area contributed by atoms with Gasteiger partial charge in [0, 0.05) is 5.57 Å². The largest absolute Gasteiger partial charge is 0.478 e. The Morgan fingerprint density at radius 1 is 1.70 bits per heavy atom. The molecule has 0 aromatic carbocycles. The van der Waals surface area contributed by atoms with Crippen LogP contribution in [-0.2, 0) is 4.79 Å². The Balaban J connectivity index is 2.72. The van der Waals surface area contributed by atoms with Crippen molar-refractivity contribution in [1.82, 2.24) is 0 Å². The number of carboxylic acids is 1. The minimum Gasteiger partial charge on any atom is -0.478 e. The summed E-state index contributed by atoms with van der Waals surface area (Å²) in [5, 5.41) is 8.63. The molecule has 0 fully saturated rings. The van der Waals surface area contributed by atoms with Gasteiger partial charge in [0.2, 0.25) is 0 Å². The molecular formula is C8H12O2. The Kier molecular flexibility index (Phi) is 1.79. The standard InChI is InChI=1S/C8H12O2/c1-5-3-4-7(6(5)2)8(9)10/h4-6H,3H2,1-2H3,(H,9,10)/t5-,6+/m0/s1. The first-order valence-corrected chi connectivity index (χ1v) is 3.56. The van der Waals surface area contributed by atoms with Gasteiger partial charge in [0.05, 0.1) is 0 Å². The monoisotopic (exact) mass is 140 g/mol. The molecule has 0 aliphatic heterocycles. The second kappa shape index (κ2) is 2.45. The summed E-state index contributed by atoms with van der Waals surface area (Å²) in [7, 11) is 0. The molecule has 0 spiro atoms. The summed E-state index contributed by atoms with van der Waals surface area (Å²) in [6, 6.07) is 0. The van der Waals surface area contributed by atoms with Gasteiger partial charge < -0.3 is 5.11 Å². The van der Waals surface area contributed by atoms with Gasteiger partial charge in [-0.1, -0.05) is 19.9 Å². The van der Waals surface area contributed by atoms with Crippen molar-refractivity contribution in [2.24, 2.45) is 11.8 Å². The quantitative estimate of drug-likeness (QED) is 0.601. The van der Waals surface area contributed by atoms with Crippen LogP contribution < -0.4 is 0 Å². The third kappa shape index (κ3) is 1.06. The number of hydrogen-bond acceptors (Lipinski definition) is 1. The van der Waals surface area contributed by atoms with Gasteiger partial charge >= 0.3 is 5.97 Å². The number of aliphatic carboxylic acids is 1. The Labute approximate surface area is 60.6 Å². The molecule has 2 nitrogen and oxygen atoms in total. The molecule has 0 aromatic rings. The maximum absolute atomic E-state index is 10.5. The summed E-state index contributed by atoms with van der Waals surface area (Å²) in [5.41, 5.74) is 0.590. The van der Waals surface area contributed by atoms with Gasteiger partial charge in [0.1, 0.15) is 0 Å². The fourth-order valence-electron chi connectivity index (χ4n) is 1.29. The van der Waals surface area contributed by atoms with Gasteiger partial charge in [-0.05, 0) is 18.3 Å². The summed E-state index contributed by atoms with van der Waals surface area (Å²) in [5.74, 6) is -0.0135. The predicted octanol–water partition coefficient (Wildman–Crippen LogP) is 1.67. The van der Waals surface area contributed by atoms with Crippen LogP contribution >= 0.6 is 0 Å². The highest BCUT2D eigenvalue weighted by Gasteiger charge is 2.26. The van der Waals surface area contributed by atoms with Crippen molar-refractivity contribution in [1.29, 1.82) is 0 Å². The van der Waals surface area contributed by atoms with Crippen LogP contribution in [0.25, 0.3) is 0 Å². The molecule has 0 amide bonds. The van der Waals surface area contributed by atoms with E-state index >= 15 is 0 Å². The smallest absolute Gasteiger partial charge is 0.331 e. The second-order valence-electron chi connectivity index (χ2n) is 2.97. The average molecular weight is 140 g/mol. The van der Waals surface area contributed by atoms with Crippen molar-refractivity contribution in [2.75, 3.05) is 0 Å². The van der Waals surface area contributed by atoms with Crippen LogP contribution in [0.2, 0.25) is 0 Å². The van der Waals surface area contributed by atoms with Gasteiger partial charge in [0.15, 0.2) is 0 Å².